The molecule has 0 saturated carbocycles. The van der Waals surface area contributed by atoms with Crippen LogP contribution in [0, 0.1) is 12.8 Å². The molecule has 0 aliphatic carbocycles. The van der Waals surface area contributed by atoms with Crippen molar-refractivity contribution < 1.29 is 14.7 Å². The number of benzene rings is 2. The molecular weight excluding hydrogens is 372 g/mol. The standard InChI is InChI=1S/C27H28O3/c1-20(7-4-9-22(3)27(30)25-16-13-21(2)14-17-25)8-5-10-23-11-6-12-24(19-23)15-18-26(28)29/h4-7,9-20H,8H2,1-3H3,(H,28,29)/b7-4-,10-5+,18-15+,22-9+. The summed E-state index contributed by atoms with van der Waals surface area (Å²) >= 11 is 0. The van der Waals surface area contributed by atoms with Gasteiger partial charge in [-0.1, -0.05) is 85.3 Å². The predicted octanol–water partition coefficient (Wildman–Crippen LogP) is 6.52. The van der Waals surface area contributed by atoms with E-state index in [1.165, 1.54) is 0 Å². The van der Waals surface area contributed by atoms with Crippen LogP contribution in [-0.4, -0.2) is 16.9 Å². The Balaban J connectivity index is 1.90. The molecule has 0 heterocycles. The molecular formula is C27H28O3. The van der Waals surface area contributed by atoms with Crippen molar-refractivity contribution in [3.63, 3.8) is 0 Å². The van der Waals surface area contributed by atoms with Crippen LogP contribution in [0.15, 0.2) is 84.5 Å². The van der Waals surface area contributed by atoms with Crippen LogP contribution in [0.4, 0.5) is 0 Å². The molecule has 0 fully saturated rings. The number of hydrogen-bond acceptors (Lipinski definition) is 2. The Morgan fingerprint density at radius 2 is 1.70 bits per heavy atom. The van der Waals surface area contributed by atoms with E-state index in [2.05, 4.69) is 19.1 Å². The molecule has 0 amide bonds. The van der Waals surface area contributed by atoms with Gasteiger partial charge in [0.15, 0.2) is 5.78 Å². The van der Waals surface area contributed by atoms with Gasteiger partial charge in [-0.3, -0.25) is 4.79 Å². The van der Waals surface area contributed by atoms with Crippen LogP contribution in [0.25, 0.3) is 12.2 Å². The average molecular weight is 401 g/mol. The Morgan fingerprint density at radius 3 is 2.37 bits per heavy atom. The first kappa shape index (κ1) is 22.8. The molecule has 3 heteroatoms. The van der Waals surface area contributed by atoms with Gasteiger partial charge in [0.05, 0.1) is 0 Å². The zero-order chi connectivity index (χ0) is 21.9. The first-order chi connectivity index (χ1) is 14.3. The van der Waals surface area contributed by atoms with E-state index in [-0.39, 0.29) is 5.78 Å². The van der Waals surface area contributed by atoms with Crippen LogP contribution in [0.2, 0.25) is 0 Å². The van der Waals surface area contributed by atoms with Crippen LogP contribution >= 0.6 is 0 Å². The summed E-state index contributed by atoms with van der Waals surface area (Å²) in [7, 11) is 0. The number of aliphatic carboxylic acids is 1. The van der Waals surface area contributed by atoms with Crippen molar-refractivity contribution in [3.05, 3.63) is 107 Å². The van der Waals surface area contributed by atoms with E-state index in [0.29, 0.717) is 17.1 Å². The summed E-state index contributed by atoms with van der Waals surface area (Å²) in [5.41, 5.74) is 4.44. The van der Waals surface area contributed by atoms with Crippen LogP contribution in [0.5, 0.6) is 0 Å². The van der Waals surface area contributed by atoms with E-state index < -0.39 is 5.97 Å². The molecule has 0 radical (unpaired) electrons. The lowest BCUT2D eigenvalue weighted by atomic mass is 10.0. The van der Waals surface area contributed by atoms with Crippen LogP contribution in [-0.2, 0) is 4.79 Å². The van der Waals surface area contributed by atoms with Gasteiger partial charge in [-0.2, -0.15) is 0 Å². The average Bonchev–Trinajstić information content (AvgIpc) is 2.72. The van der Waals surface area contributed by atoms with Gasteiger partial charge < -0.3 is 5.11 Å². The van der Waals surface area contributed by atoms with E-state index in [4.69, 9.17) is 5.11 Å². The maximum absolute atomic E-state index is 12.4. The number of Topliss-reactive ketones (excluding diaryl/α,β-unsaturated/α-hetero) is 1. The smallest absolute Gasteiger partial charge is 0.328 e. The number of rotatable bonds is 9. The zero-order valence-corrected chi connectivity index (χ0v) is 17.7. The summed E-state index contributed by atoms with van der Waals surface area (Å²) in [4.78, 5) is 23.0. The Bertz CT molecular complexity index is 989. The minimum Gasteiger partial charge on any atom is -0.478 e. The van der Waals surface area contributed by atoms with Gasteiger partial charge in [0.25, 0.3) is 0 Å². The van der Waals surface area contributed by atoms with E-state index in [0.717, 1.165) is 29.2 Å². The highest BCUT2D eigenvalue weighted by atomic mass is 16.4. The molecule has 2 aromatic rings. The van der Waals surface area contributed by atoms with E-state index >= 15 is 0 Å². The van der Waals surface area contributed by atoms with Gasteiger partial charge in [-0.15, -0.1) is 0 Å². The number of ketones is 1. The van der Waals surface area contributed by atoms with Gasteiger partial charge in [0.2, 0.25) is 0 Å². The third kappa shape index (κ3) is 7.88. The molecule has 1 N–H and O–H groups in total. The molecule has 0 bridgehead atoms. The number of hydrogen-bond donors (Lipinski definition) is 1. The lowest BCUT2D eigenvalue weighted by molar-refractivity contribution is -0.131. The topological polar surface area (TPSA) is 54.4 Å². The maximum atomic E-state index is 12.4. The highest BCUT2D eigenvalue weighted by Crippen LogP contribution is 2.13. The minimum absolute atomic E-state index is 0.0454. The van der Waals surface area contributed by atoms with Crippen molar-refractivity contribution >= 4 is 23.9 Å². The second-order valence-corrected chi connectivity index (χ2v) is 7.39. The molecule has 0 aliphatic rings. The third-order valence-electron chi connectivity index (χ3n) is 4.60. The van der Waals surface area contributed by atoms with Gasteiger partial charge in [-0.05, 0) is 55.0 Å². The second-order valence-electron chi connectivity index (χ2n) is 7.39. The van der Waals surface area contributed by atoms with Crippen molar-refractivity contribution in [2.45, 2.75) is 27.2 Å². The van der Waals surface area contributed by atoms with Gasteiger partial charge in [0.1, 0.15) is 0 Å². The highest BCUT2D eigenvalue weighted by molar-refractivity contribution is 6.08. The molecule has 0 saturated heterocycles. The van der Waals surface area contributed by atoms with Crippen molar-refractivity contribution in [1.82, 2.24) is 0 Å². The fourth-order valence-corrected chi connectivity index (χ4v) is 2.83. The van der Waals surface area contributed by atoms with Crippen molar-refractivity contribution in [2.75, 3.05) is 0 Å². The lowest BCUT2D eigenvalue weighted by Crippen LogP contribution is -2.00. The summed E-state index contributed by atoms with van der Waals surface area (Å²) < 4.78 is 0. The Kier molecular flexibility index (Phi) is 8.76. The van der Waals surface area contributed by atoms with Crippen LogP contribution in [0.3, 0.4) is 0 Å². The quantitative estimate of drug-likeness (QED) is 0.296. The number of carboxylic acids is 1. The van der Waals surface area contributed by atoms with E-state index in [1.807, 2.05) is 80.6 Å². The van der Waals surface area contributed by atoms with Crippen LogP contribution in [0.1, 0.15) is 47.3 Å². The van der Waals surface area contributed by atoms with E-state index in [1.54, 1.807) is 6.08 Å². The number of allylic oxidation sites excluding steroid dienone is 5. The largest absolute Gasteiger partial charge is 0.478 e. The second kappa shape index (κ2) is 11.5. The molecule has 0 spiro atoms. The number of carboxylic acid groups (broad SMARTS) is 1. The first-order valence-electron chi connectivity index (χ1n) is 9.99. The zero-order valence-electron chi connectivity index (χ0n) is 17.7. The summed E-state index contributed by atoms with van der Waals surface area (Å²) in [6.07, 6.45) is 13.6. The minimum atomic E-state index is -0.957. The third-order valence-corrected chi connectivity index (χ3v) is 4.60. The SMILES string of the molecule is C/C(=C\C=C/C(C)C/C=C/c1cccc(/C=C/C(=O)O)c1)C(=O)c1ccc(C)cc1. The van der Waals surface area contributed by atoms with E-state index in [9.17, 15) is 9.59 Å². The van der Waals surface area contributed by atoms with Crippen molar-refractivity contribution in [2.24, 2.45) is 5.92 Å². The summed E-state index contributed by atoms with van der Waals surface area (Å²) in [6.45, 7) is 5.96. The molecule has 2 rings (SSSR count). The Hall–Kier alpha value is -3.46. The van der Waals surface area contributed by atoms with Crippen LogP contribution < -0.4 is 0 Å². The molecule has 0 aromatic heterocycles. The predicted molar refractivity (Wildman–Crippen MR) is 124 cm³/mol. The number of aryl methyl sites for hydroxylation is 1. The molecule has 0 aliphatic heterocycles. The molecule has 3 nitrogen and oxygen atoms in total. The Labute approximate surface area is 178 Å². The van der Waals surface area contributed by atoms with Gasteiger partial charge in [0, 0.05) is 11.6 Å². The highest BCUT2D eigenvalue weighted by Gasteiger charge is 2.06. The monoisotopic (exact) mass is 400 g/mol. The van der Waals surface area contributed by atoms with Gasteiger partial charge >= 0.3 is 5.97 Å². The van der Waals surface area contributed by atoms with Crippen molar-refractivity contribution in [3.8, 4) is 0 Å². The number of carbonyl (C=O) groups is 2. The number of carbonyl (C=O) groups excluding carboxylic acids is 1. The normalized spacial score (nSPS) is 13.4. The molecule has 2 aromatic carbocycles. The summed E-state index contributed by atoms with van der Waals surface area (Å²) in [5.74, 6) is -0.583. The first-order valence-corrected chi connectivity index (χ1v) is 9.99. The lowest BCUT2D eigenvalue weighted by Gasteiger charge is -2.02. The summed E-state index contributed by atoms with van der Waals surface area (Å²) in [6, 6.07) is 15.3. The molecule has 1 unspecified atom stereocenters. The fourth-order valence-electron chi connectivity index (χ4n) is 2.83. The molecule has 30 heavy (non-hydrogen) atoms. The van der Waals surface area contributed by atoms with Crippen molar-refractivity contribution in [1.29, 1.82) is 0 Å². The molecule has 1 atom stereocenters. The van der Waals surface area contributed by atoms with Gasteiger partial charge in [-0.25, -0.2) is 4.79 Å². The fraction of sp³-hybridized carbons (Fsp3) is 0.185. The maximum Gasteiger partial charge on any atom is 0.328 e. The summed E-state index contributed by atoms with van der Waals surface area (Å²) in [5, 5.41) is 8.72. The Morgan fingerprint density at radius 1 is 1.03 bits per heavy atom. The molecule has 154 valence electrons.